The molecule has 7 nitrogen and oxygen atoms in total. The van der Waals surface area contributed by atoms with Gasteiger partial charge in [-0.3, -0.25) is 0 Å². The molecule has 0 saturated carbocycles. The van der Waals surface area contributed by atoms with Gasteiger partial charge in [0.2, 0.25) is 0 Å². The molecule has 0 heterocycles. The van der Waals surface area contributed by atoms with Gasteiger partial charge >= 0.3 is 0 Å². The number of hydrogen-bond acceptors (Lipinski definition) is 7. The highest BCUT2D eigenvalue weighted by molar-refractivity contribution is 4.89. The number of hydrogen-bond donors (Lipinski definition) is 0. The molecule has 0 aromatic carbocycles. The predicted octanol–water partition coefficient (Wildman–Crippen LogP) is 9.88. The first kappa shape index (κ1) is 42.2. The Morgan fingerprint density at radius 3 is 1.07 bits per heavy atom. The van der Waals surface area contributed by atoms with E-state index in [1.807, 2.05) is 26.0 Å². The van der Waals surface area contributed by atoms with E-state index in [1.165, 1.54) is 0 Å². The molecule has 0 aliphatic carbocycles. The highest BCUT2D eigenvalue weighted by atomic mass is 16.8. The second-order valence-corrected chi connectivity index (χ2v) is 11.0. The third kappa shape index (κ3) is 28.4. The molecule has 0 radical (unpaired) electrons. The highest BCUT2D eigenvalue weighted by Gasteiger charge is 2.13. The summed E-state index contributed by atoms with van der Waals surface area (Å²) in [4.78, 5) is 0. The average Bonchev–Trinajstić information content (AvgIpc) is 3.00. The maximum atomic E-state index is 6.14. The molecule has 43 heavy (non-hydrogen) atoms. The summed E-state index contributed by atoms with van der Waals surface area (Å²) in [6.07, 6.45) is 24.2. The summed E-state index contributed by atoms with van der Waals surface area (Å²) in [5.74, 6) is 0. The minimum atomic E-state index is -0.435. The minimum absolute atomic E-state index is 0.0833. The van der Waals surface area contributed by atoms with Crippen LogP contribution >= 0.6 is 0 Å². The summed E-state index contributed by atoms with van der Waals surface area (Å²) in [7, 11) is 0. The van der Waals surface area contributed by atoms with Crippen molar-refractivity contribution in [3.63, 3.8) is 0 Å². The van der Waals surface area contributed by atoms with Crippen molar-refractivity contribution in [2.45, 2.75) is 169 Å². The predicted molar refractivity (Wildman–Crippen MR) is 178 cm³/mol. The maximum absolute atomic E-state index is 6.14. The van der Waals surface area contributed by atoms with Crippen molar-refractivity contribution in [2.24, 2.45) is 0 Å². The first-order chi connectivity index (χ1) is 21.1. The van der Waals surface area contributed by atoms with Crippen molar-refractivity contribution in [3.8, 4) is 0 Å². The summed E-state index contributed by atoms with van der Waals surface area (Å²) in [5, 5.41) is 0. The molecule has 0 aliphatic rings. The van der Waals surface area contributed by atoms with Crippen LogP contribution < -0.4 is 0 Å². The molecule has 0 rings (SSSR count). The second kappa shape index (κ2) is 34.1. The molecule has 256 valence electrons. The van der Waals surface area contributed by atoms with Crippen LogP contribution in [0.15, 0.2) is 24.3 Å². The van der Waals surface area contributed by atoms with Crippen LogP contribution in [0.5, 0.6) is 0 Å². The highest BCUT2D eigenvalue weighted by Crippen LogP contribution is 2.14. The van der Waals surface area contributed by atoms with E-state index in [0.717, 1.165) is 129 Å². The first-order valence-corrected chi connectivity index (χ1v) is 17.8. The fourth-order valence-corrected chi connectivity index (χ4v) is 4.17. The van der Waals surface area contributed by atoms with Gasteiger partial charge in [0.15, 0.2) is 25.2 Å². The molecule has 0 aromatic heterocycles. The molecule has 0 spiro atoms. The van der Waals surface area contributed by atoms with Gasteiger partial charge in [0.05, 0.1) is 0 Å². The largest absolute Gasteiger partial charge is 0.353 e. The van der Waals surface area contributed by atoms with Gasteiger partial charge in [-0.05, 0) is 103 Å². The summed E-state index contributed by atoms with van der Waals surface area (Å²) in [6.45, 7) is 17.0. The van der Waals surface area contributed by atoms with Gasteiger partial charge in [0.1, 0.15) is 0 Å². The molecule has 0 aromatic rings. The topological polar surface area (TPSA) is 64.6 Å². The SMILES string of the molecule is CCCCOC(CCCCC=CC(OCC)OC(C=CCCCCC(OCCCC)OCCCC)OCC)OCCCC. The Hall–Kier alpha value is -0.800. The summed E-state index contributed by atoms with van der Waals surface area (Å²) >= 11 is 0. The lowest BCUT2D eigenvalue weighted by Gasteiger charge is -2.20. The van der Waals surface area contributed by atoms with Crippen molar-refractivity contribution in [1.29, 1.82) is 0 Å². The van der Waals surface area contributed by atoms with Gasteiger partial charge < -0.3 is 33.2 Å². The van der Waals surface area contributed by atoms with E-state index in [0.29, 0.717) is 13.2 Å². The molecular weight excluding hydrogens is 544 g/mol. The van der Waals surface area contributed by atoms with Crippen LogP contribution in [0.2, 0.25) is 0 Å². The molecule has 0 bridgehead atoms. The first-order valence-electron chi connectivity index (χ1n) is 17.8. The van der Waals surface area contributed by atoms with Crippen molar-refractivity contribution in [2.75, 3.05) is 39.6 Å². The number of rotatable bonds is 34. The van der Waals surface area contributed by atoms with Crippen LogP contribution in [0, 0.1) is 0 Å². The average molecular weight is 615 g/mol. The lowest BCUT2D eigenvalue weighted by Crippen LogP contribution is -2.24. The van der Waals surface area contributed by atoms with Crippen molar-refractivity contribution in [3.05, 3.63) is 24.3 Å². The van der Waals surface area contributed by atoms with Gasteiger partial charge in [-0.15, -0.1) is 0 Å². The smallest absolute Gasteiger partial charge is 0.180 e. The van der Waals surface area contributed by atoms with Gasteiger partial charge in [0.25, 0.3) is 0 Å². The molecule has 0 amide bonds. The van der Waals surface area contributed by atoms with Gasteiger partial charge in [-0.1, -0.05) is 65.5 Å². The second-order valence-electron chi connectivity index (χ2n) is 11.0. The number of unbranched alkanes of at least 4 members (excludes halogenated alkanes) is 8. The Morgan fingerprint density at radius 2 is 0.767 bits per heavy atom. The number of allylic oxidation sites excluding steroid dienone is 2. The van der Waals surface area contributed by atoms with Crippen LogP contribution in [0.25, 0.3) is 0 Å². The van der Waals surface area contributed by atoms with Crippen LogP contribution in [0.3, 0.4) is 0 Å². The molecule has 0 fully saturated rings. The van der Waals surface area contributed by atoms with E-state index >= 15 is 0 Å². The van der Waals surface area contributed by atoms with E-state index in [1.54, 1.807) is 0 Å². The van der Waals surface area contributed by atoms with Crippen LogP contribution in [0.4, 0.5) is 0 Å². The van der Waals surface area contributed by atoms with Crippen LogP contribution in [-0.2, 0) is 33.2 Å². The van der Waals surface area contributed by atoms with E-state index < -0.39 is 12.6 Å². The summed E-state index contributed by atoms with van der Waals surface area (Å²) in [6, 6.07) is 0. The molecule has 7 heteroatoms. The monoisotopic (exact) mass is 615 g/mol. The van der Waals surface area contributed by atoms with Crippen molar-refractivity contribution < 1.29 is 33.2 Å². The zero-order valence-corrected chi connectivity index (χ0v) is 29.0. The van der Waals surface area contributed by atoms with E-state index in [4.69, 9.17) is 33.2 Å². The molecule has 0 saturated heterocycles. The summed E-state index contributed by atoms with van der Waals surface area (Å²) in [5.41, 5.74) is 0. The molecular formula is C36H70O7. The Bertz CT molecular complexity index is 528. The van der Waals surface area contributed by atoms with Crippen molar-refractivity contribution in [1.82, 2.24) is 0 Å². The standard InChI is InChI=1S/C36H70O7/c1-7-13-29-39-33(40-30-14-8-2)25-21-17-19-23-27-35(37-11-5)43-36(38-12-6)28-24-20-18-22-26-34(41-31-15-9-3)42-32-16-10-4/h23-24,27-28,33-36H,7-22,25-26,29-32H2,1-6H3. The molecule has 2 atom stereocenters. The molecule has 2 unspecified atom stereocenters. The Kier molecular flexibility index (Phi) is 33.4. The van der Waals surface area contributed by atoms with Crippen molar-refractivity contribution >= 4 is 0 Å². The third-order valence-corrected chi connectivity index (χ3v) is 6.84. The van der Waals surface area contributed by atoms with Gasteiger partial charge in [0, 0.05) is 39.6 Å². The van der Waals surface area contributed by atoms with Crippen LogP contribution in [0.1, 0.15) is 144 Å². The summed E-state index contributed by atoms with van der Waals surface area (Å²) < 4.78 is 41.7. The van der Waals surface area contributed by atoms with Crippen LogP contribution in [-0.4, -0.2) is 64.8 Å². The zero-order chi connectivity index (χ0) is 31.6. The van der Waals surface area contributed by atoms with Gasteiger partial charge in [-0.2, -0.15) is 0 Å². The fourth-order valence-electron chi connectivity index (χ4n) is 4.17. The lowest BCUT2D eigenvalue weighted by atomic mass is 10.2. The maximum Gasteiger partial charge on any atom is 0.180 e. The Balaban J connectivity index is 4.54. The van der Waals surface area contributed by atoms with E-state index in [-0.39, 0.29) is 12.6 Å². The lowest BCUT2D eigenvalue weighted by molar-refractivity contribution is -0.204. The normalized spacial score (nSPS) is 13.8. The third-order valence-electron chi connectivity index (χ3n) is 6.84. The Morgan fingerprint density at radius 1 is 0.419 bits per heavy atom. The van der Waals surface area contributed by atoms with E-state index in [9.17, 15) is 0 Å². The minimum Gasteiger partial charge on any atom is -0.353 e. The Labute approximate surface area is 266 Å². The van der Waals surface area contributed by atoms with E-state index in [2.05, 4.69) is 39.8 Å². The number of ether oxygens (including phenoxy) is 7. The molecule has 0 aliphatic heterocycles. The zero-order valence-electron chi connectivity index (χ0n) is 29.0. The fraction of sp³-hybridized carbons (Fsp3) is 0.889. The van der Waals surface area contributed by atoms with Gasteiger partial charge in [-0.25, -0.2) is 0 Å². The molecule has 0 N–H and O–H groups in total. The quantitative estimate of drug-likeness (QED) is 0.0406.